The molecule has 9 nitrogen and oxygen atoms in total. The zero-order valence-corrected chi connectivity index (χ0v) is 19.5. The van der Waals surface area contributed by atoms with Gasteiger partial charge < -0.3 is 10.0 Å². The van der Waals surface area contributed by atoms with Crippen molar-refractivity contribution < 1.29 is 28.3 Å². The number of carbonyl (C=O) groups excluding carboxylic acids is 1. The first-order valence-corrected chi connectivity index (χ1v) is 12.7. The zero-order valence-electron chi connectivity index (χ0n) is 18.7. The SMILES string of the molecule is CC(C)c1cccc(C2CCN(S(=O)(=O)CC3(C(=O)NO)CCN(C(=O)O)CC3)CC2)c1. The van der Waals surface area contributed by atoms with Gasteiger partial charge in [-0.2, -0.15) is 0 Å². The maximum absolute atomic E-state index is 13.2. The predicted octanol–water partition coefficient (Wildman–Crippen LogP) is 2.58. The smallest absolute Gasteiger partial charge is 0.407 e. The molecule has 0 unspecified atom stereocenters. The van der Waals surface area contributed by atoms with Crippen LogP contribution in [0.15, 0.2) is 24.3 Å². The Hall–Kier alpha value is -2.17. The summed E-state index contributed by atoms with van der Waals surface area (Å²) in [5.74, 6) is -0.496. The van der Waals surface area contributed by atoms with Crippen LogP contribution < -0.4 is 5.48 Å². The summed E-state index contributed by atoms with van der Waals surface area (Å²) in [5, 5.41) is 18.4. The largest absolute Gasteiger partial charge is 0.465 e. The molecular weight excluding hydrogens is 434 g/mol. The van der Waals surface area contributed by atoms with Crippen molar-refractivity contribution in [2.45, 2.75) is 51.4 Å². The van der Waals surface area contributed by atoms with Gasteiger partial charge in [0.15, 0.2) is 0 Å². The molecule has 0 bridgehead atoms. The van der Waals surface area contributed by atoms with Crippen molar-refractivity contribution in [2.75, 3.05) is 31.9 Å². The van der Waals surface area contributed by atoms with E-state index in [0.29, 0.717) is 31.8 Å². The van der Waals surface area contributed by atoms with E-state index >= 15 is 0 Å². The van der Waals surface area contributed by atoms with E-state index in [1.807, 2.05) is 0 Å². The Morgan fingerprint density at radius 1 is 1.16 bits per heavy atom. The molecule has 2 amide bonds. The minimum absolute atomic E-state index is 0.0450. The number of rotatable bonds is 6. The number of likely N-dealkylation sites (tertiary alicyclic amines) is 1. The summed E-state index contributed by atoms with van der Waals surface area (Å²) in [5.41, 5.74) is 2.75. The maximum Gasteiger partial charge on any atom is 0.407 e. The second-order valence-corrected chi connectivity index (χ2v) is 11.2. The molecule has 1 aromatic rings. The van der Waals surface area contributed by atoms with Crippen molar-refractivity contribution in [2.24, 2.45) is 5.41 Å². The summed E-state index contributed by atoms with van der Waals surface area (Å²) in [6.07, 6.45) is 0.390. The van der Waals surface area contributed by atoms with Crippen molar-refractivity contribution in [3.63, 3.8) is 0 Å². The topological polar surface area (TPSA) is 127 Å². The molecule has 0 aliphatic carbocycles. The molecular formula is C22H33N3O6S. The Balaban J connectivity index is 1.68. The van der Waals surface area contributed by atoms with Gasteiger partial charge >= 0.3 is 6.09 Å². The number of sulfonamides is 1. The number of carboxylic acid groups (broad SMARTS) is 1. The van der Waals surface area contributed by atoms with Crippen LogP contribution in [0.4, 0.5) is 4.79 Å². The average molecular weight is 468 g/mol. The molecule has 10 heteroatoms. The van der Waals surface area contributed by atoms with Gasteiger partial charge in [0.1, 0.15) is 0 Å². The second-order valence-electron chi connectivity index (χ2n) is 9.25. The van der Waals surface area contributed by atoms with E-state index in [1.165, 1.54) is 15.4 Å². The normalized spacial score (nSPS) is 20.3. The van der Waals surface area contributed by atoms with Crippen molar-refractivity contribution in [3.8, 4) is 0 Å². The van der Waals surface area contributed by atoms with Crippen molar-refractivity contribution in [1.29, 1.82) is 0 Å². The highest BCUT2D eigenvalue weighted by Gasteiger charge is 2.47. The molecule has 2 aliphatic rings. The quantitative estimate of drug-likeness (QED) is 0.436. The van der Waals surface area contributed by atoms with Crippen LogP contribution in [0.2, 0.25) is 0 Å². The van der Waals surface area contributed by atoms with Gasteiger partial charge in [0.05, 0.1) is 11.2 Å². The van der Waals surface area contributed by atoms with E-state index in [2.05, 4.69) is 38.1 Å². The molecule has 2 fully saturated rings. The molecule has 0 saturated carbocycles. The van der Waals surface area contributed by atoms with Gasteiger partial charge in [0.25, 0.3) is 5.91 Å². The lowest BCUT2D eigenvalue weighted by molar-refractivity contribution is -0.141. The first-order valence-electron chi connectivity index (χ1n) is 11.1. The lowest BCUT2D eigenvalue weighted by atomic mass is 9.79. The molecule has 0 spiro atoms. The molecule has 0 aromatic heterocycles. The van der Waals surface area contributed by atoms with E-state index in [0.717, 1.165) is 4.90 Å². The Labute approximate surface area is 189 Å². The number of piperidine rings is 2. The van der Waals surface area contributed by atoms with Crippen LogP contribution in [0, 0.1) is 5.41 Å². The van der Waals surface area contributed by atoms with Crippen LogP contribution in [-0.2, 0) is 14.8 Å². The van der Waals surface area contributed by atoms with E-state index < -0.39 is 33.2 Å². The average Bonchev–Trinajstić information content (AvgIpc) is 2.78. The molecule has 2 aliphatic heterocycles. The summed E-state index contributed by atoms with van der Waals surface area (Å²) < 4.78 is 27.9. The minimum atomic E-state index is -3.77. The molecule has 3 N–H and O–H groups in total. The third kappa shape index (κ3) is 5.24. The van der Waals surface area contributed by atoms with Crippen molar-refractivity contribution >= 4 is 22.0 Å². The number of hydrogen-bond donors (Lipinski definition) is 3. The lowest BCUT2D eigenvalue weighted by Crippen LogP contribution is -2.54. The number of hydrogen-bond acceptors (Lipinski definition) is 5. The molecule has 2 saturated heterocycles. The van der Waals surface area contributed by atoms with Crippen LogP contribution in [0.3, 0.4) is 0 Å². The van der Waals surface area contributed by atoms with Crippen LogP contribution in [0.1, 0.15) is 62.5 Å². The van der Waals surface area contributed by atoms with Gasteiger partial charge in [0, 0.05) is 26.2 Å². The van der Waals surface area contributed by atoms with Gasteiger partial charge in [-0.3, -0.25) is 10.0 Å². The highest BCUT2D eigenvalue weighted by atomic mass is 32.2. The number of nitrogens with one attached hydrogen (secondary N) is 1. The third-order valence-corrected chi connectivity index (χ3v) is 9.00. The molecule has 0 radical (unpaired) electrons. The Kier molecular flexibility index (Phi) is 7.46. The highest BCUT2D eigenvalue weighted by molar-refractivity contribution is 7.89. The summed E-state index contributed by atoms with van der Waals surface area (Å²) >= 11 is 0. The number of amides is 2. The molecule has 1 aromatic carbocycles. The number of hydroxylamine groups is 1. The highest BCUT2D eigenvalue weighted by Crippen LogP contribution is 2.36. The monoisotopic (exact) mass is 467 g/mol. The Morgan fingerprint density at radius 2 is 1.78 bits per heavy atom. The molecule has 3 rings (SSSR count). The summed E-state index contributed by atoms with van der Waals surface area (Å²) in [4.78, 5) is 24.8. The van der Waals surface area contributed by atoms with Gasteiger partial charge in [-0.05, 0) is 48.6 Å². The summed E-state index contributed by atoms with van der Waals surface area (Å²) in [6.45, 7) is 5.13. The van der Waals surface area contributed by atoms with Gasteiger partial charge in [0.2, 0.25) is 10.0 Å². The number of benzene rings is 1. The summed E-state index contributed by atoms with van der Waals surface area (Å²) in [7, 11) is -3.77. The first kappa shape index (κ1) is 24.5. The van der Waals surface area contributed by atoms with E-state index in [1.54, 1.807) is 5.48 Å². The molecule has 0 atom stereocenters. The molecule has 32 heavy (non-hydrogen) atoms. The van der Waals surface area contributed by atoms with Crippen LogP contribution in [0.5, 0.6) is 0 Å². The second kappa shape index (κ2) is 9.76. The van der Waals surface area contributed by atoms with E-state index in [-0.39, 0.29) is 31.8 Å². The fourth-order valence-electron chi connectivity index (χ4n) is 4.76. The zero-order chi connectivity index (χ0) is 23.5. The van der Waals surface area contributed by atoms with Gasteiger partial charge in [-0.25, -0.2) is 23.0 Å². The molecule has 2 heterocycles. The van der Waals surface area contributed by atoms with Crippen LogP contribution >= 0.6 is 0 Å². The van der Waals surface area contributed by atoms with Gasteiger partial charge in [-0.1, -0.05) is 38.1 Å². The predicted molar refractivity (Wildman–Crippen MR) is 119 cm³/mol. The van der Waals surface area contributed by atoms with Crippen LogP contribution in [0.25, 0.3) is 0 Å². The Bertz CT molecular complexity index is 933. The maximum atomic E-state index is 13.2. The first-order chi connectivity index (χ1) is 15.1. The third-order valence-electron chi connectivity index (χ3n) is 6.93. The van der Waals surface area contributed by atoms with Gasteiger partial charge in [-0.15, -0.1) is 0 Å². The standard InChI is InChI=1S/C22H33N3O6S/c1-16(2)18-4-3-5-19(14-18)17-6-10-25(11-7-17)32(30,31)15-22(20(26)23-29)8-12-24(13-9-22)21(27)28/h3-5,14,16-17,29H,6-13,15H2,1-2H3,(H,23,26)(H,27,28). The van der Waals surface area contributed by atoms with Crippen molar-refractivity contribution in [1.82, 2.24) is 14.7 Å². The fraction of sp³-hybridized carbons (Fsp3) is 0.636. The van der Waals surface area contributed by atoms with Crippen LogP contribution in [-0.4, -0.2) is 71.9 Å². The van der Waals surface area contributed by atoms with Crippen molar-refractivity contribution in [3.05, 3.63) is 35.4 Å². The van der Waals surface area contributed by atoms with E-state index in [4.69, 9.17) is 5.11 Å². The summed E-state index contributed by atoms with van der Waals surface area (Å²) in [6, 6.07) is 8.46. The van der Waals surface area contributed by atoms with E-state index in [9.17, 15) is 23.2 Å². The number of carbonyl (C=O) groups is 2. The fourth-order valence-corrected chi connectivity index (χ4v) is 6.83. The Morgan fingerprint density at radius 3 is 2.31 bits per heavy atom. The minimum Gasteiger partial charge on any atom is -0.465 e. The molecule has 178 valence electrons. The number of nitrogens with zero attached hydrogens (tertiary/aromatic N) is 2. The lowest BCUT2D eigenvalue weighted by Gasteiger charge is -2.40.